The fourth-order valence-corrected chi connectivity index (χ4v) is 1.76. The Kier molecular flexibility index (Phi) is 4.02. The maximum atomic E-state index is 11.9. The lowest BCUT2D eigenvalue weighted by atomic mass is 10.1. The van der Waals surface area contributed by atoms with Gasteiger partial charge >= 0.3 is 5.97 Å². The van der Waals surface area contributed by atoms with Crippen molar-refractivity contribution >= 4 is 17.8 Å². The second kappa shape index (κ2) is 5.73. The van der Waals surface area contributed by atoms with Gasteiger partial charge in [-0.1, -0.05) is 0 Å². The zero-order valence-corrected chi connectivity index (χ0v) is 11.1. The second-order valence-corrected chi connectivity index (χ2v) is 4.88. The predicted octanol–water partition coefficient (Wildman–Crippen LogP) is 0.735. The Morgan fingerprint density at radius 1 is 1.20 bits per heavy atom. The van der Waals surface area contributed by atoms with Gasteiger partial charge in [0.05, 0.1) is 0 Å². The van der Waals surface area contributed by atoms with Crippen LogP contribution in [-0.4, -0.2) is 47.4 Å². The summed E-state index contributed by atoms with van der Waals surface area (Å²) < 4.78 is 0. The van der Waals surface area contributed by atoms with Crippen LogP contribution in [0.4, 0.5) is 0 Å². The molecule has 0 aliphatic heterocycles. The molecule has 0 heterocycles. The lowest BCUT2D eigenvalue weighted by Gasteiger charge is -2.14. The molecule has 6 heteroatoms. The first kappa shape index (κ1) is 14.0. The Labute approximate surface area is 116 Å². The molecule has 2 N–H and O–H groups in total. The monoisotopic (exact) mass is 276 g/mol. The molecule has 1 aromatic rings. The van der Waals surface area contributed by atoms with Crippen molar-refractivity contribution < 1.29 is 19.5 Å². The van der Waals surface area contributed by atoms with Crippen molar-refractivity contribution in [1.82, 2.24) is 10.2 Å². The molecule has 6 nitrogen and oxygen atoms in total. The highest BCUT2D eigenvalue weighted by molar-refractivity contribution is 5.98. The number of rotatable bonds is 5. The highest BCUT2D eigenvalue weighted by Crippen LogP contribution is 2.19. The molecule has 0 saturated heterocycles. The zero-order chi connectivity index (χ0) is 14.7. The minimum atomic E-state index is -1.07. The molecule has 0 bridgehead atoms. The largest absolute Gasteiger partial charge is 0.480 e. The minimum Gasteiger partial charge on any atom is -0.480 e. The fourth-order valence-electron chi connectivity index (χ4n) is 1.76. The normalized spacial score (nSPS) is 13.7. The van der Waals surface area contributed by atoms with Crippen LogP contribution in [0.5, 0.6) is 0 Å². The van der Waals surface area contributed by atoms with Gasteiger partial charge in [-0.05, 0) is 37.1 Å². The molecular weight excluding hydrogens is 260 g/mol. The third-order valence-corrected chi connectivity index (χ3v) is 3.03. The molecule has 1 aliphatic carbocycles. The summed E-state index contributed by atoms with van der Waals surface area (Å²) in [6.45, 7) is -0.358. The molecular formula is C14H16N2O4. The van der Waals surface area contributed by atoms with Gasteiger partial charge in [-0.25, -0.2) is 0 Å². The number of hydrogen-bond acceptors (Lipinski definition) is 3. The number of aliphatic carboxylic acids is 1. The minimum absolute atomic E-state index is 0.148. The summed E-state index contributed by atoms with van der Waals surface area (Å²) in [5.74, 6) is -1.60. The first-order valence-electron chi connectivity index (χ1n) is 6.35. The van der Waals surface area contributed by atoms with Crippen LogP contribution in [0.2, 0.25) is 0 Å². The molecule has 1 fully saturated rings. The van der Waals surface area contributed by atoms with E-state index >= 15 is 0 Å². The maximum Gasteiger partial charge on any atom is 0.323 e. The van der Waals surface area contributed by atoms with E-state index in [0.29, 0.717) is 11.1 Å². The summed E-state index contributed by atoms with van der Waals surface area (Å²) in [7, 11) is 1.42. The van der Waals surface area contributed by atoms with Crippen LogP contribution in [0.3, 0.4) is 0 Å². The van der Waals surface area contributed by atoms with E-state index in [1.165, 1.54) is 19.2 Å². The first-order chi connectivity index (χ1) is 9.47. The average molecular weight is 276 g/mol. The number of carboxylic acid groups (broad SMARTS) is 1. The van der Waals surface area contributed by atoms with Crippen LogP contribution in [-0.2, 0) is 4.79 Å². The second-order valence-electron chi connectivity index (χ2n) is 4.88. The SMILES string of the molecule is CN(CC(=O)O)C(=O)c1ccc(C(=O)NC2CC2)cc1. The number of nitrogens with one attached hydrogen (secondary N) is 1. The zero-order valence-electron chi connectivity index (χ0n) is 11.1. The van der Waals surface area contributed by atoms with E-state index < -0.39 is 5.97 Å². The number of benzene rings is 1. The Hall–Kier alpha value is -2.37. The predicted molar refractivity (Wildman–Crippen MR) is 71.5 cm³/mol. The number of carbonyl (C=O) groups is 3. The average Bonchev–Trinajstić information content (AvgIpc) is 3.21. The number of hydrogen-bond donors (Lipinski definition) is 2. The van der Waals surface area contributed by atoms with E-state index in [9.17, 15) is 14.4 Å². The lowest BCUT2D eigenvalue weighted by Crippen LogP contribution is -2.32. The number of carbonyl (C=O) groups excluding carboxylic acids is 2. The van der Waals surface area contributed by atoms with Gasteiger partial charge < -0.3 is 15.3 Å². The Bertz CT molecular complexity index is 535. The van der Waals surface area contributed by atoms with Gasteiger partial charge in [-0.3, -0.25) is 14.4 Å². The van der Waals surface area contributed by atoms with Gasteiger partial charge in [0.1, 0.15) is 6.54 Å². The third kappa shape index (κ3) is 3.57. The molecule has 1 saturated carbocycles. The van der Waals surface area contributed by atoms with E-state index in [4.69, 9.17) is 5.11 Å². The number of amides is 2. The summed E-state index contributed by atoms with van der Waals surface area (Å²) in [4.78, 5) is 35.3. The number of likely N-dealkylation sites (N-methyl/N-ethyl adjacent to an activating group) is 1. The van der Waals surface area contributed by atoms with Gasteiger partial charge in [0.25, 0.3) is 11.8 Å². The fraction of sp³-hybridized carbons (Fsp3) is 0.357. The van der Waals surface area contributed by atoms with Gasteiger partial charge in [-0.15, -0.1) is 0 Å². The Morgan fingerprint density at radius 3 is 2.25 bits per heavy atom. The van der Waals surface area contributed by atoms with Gasteiger partial charge in [0.2, 0.25) is 0 Å². The van der Waals surface area contributed by atoms with Crippen LogP contribution in [0.15, 0.2) is 24.3 Å². The summed E-state index contributed by atoms with van der Waals surface area (Å²) in [6.07, 6.45) is 2.03. The molecule has 106 valence electrons. The Balaban J connectivity index is 2.01. The van der Waals surface area contributed by atoms with Crippen molar-refractivity contribution in [2.45, 2.75) is 18.9 Å². The van der Waals surface area contributed by atoms with Crippen molar-refractivity contribution in [3.05, 3.63) is 35.4 Å². The van der Waals surface area contributed by atoms with Gasteiger partial charge in [0.15, 0.2) is 0 Å². The standard InChI is InChI=1S/C14H16N2O4/c1-16(8-12(17)18)14(20)10-4-2-9(3-5-10)13(19)15-11-6-7-11/h2-5,11H,6-8H2,1H3,(H,15,19)(H,17,18). The molecule has 0 aromatic heterocycles. The van der Waals surface area contributed by atoms with Crippen LogP contribution in [0.1, 0.15) is 33.6 Å². The van der Waals surface area contributed by atoms with Crippen molar-refractivity contribution in [1.29, 1.82) is 0 Å². The van der Waals surface area contributed by atoms with Crippen molar-refractivity contribution in [3.63, 3.8) is 0 Å². The molecule has 20 heavy (non-hydrogen) atoms. The molecule has 2 rings (SSSR count). The summed E-state index contributed by atoms with van der Waals surface area (Å²) >= 11 is 0. The van der Waals surface area contributed by atoms with Gasteiger partial charge in [-0.2, -0.15) is 0 Å². The number of carboxylic acids is 1. The first-order valence-corrected chi connectivity index (χ1v) is 6.35. The molecule has 2 amide bonds. The molecule has 0 unspecified atom stereocenters. The van der Waals surface area contributed by atoms with Crippen LogP contribution < -0.4 is 5.32 Å². The topological polar surface area (TPSA) is 86.7 Å². The molecule has 0 spiro atoms. The number of nitrogens with zero attached hydrogens (tertiary/aromatic N) is 1. The van der Waals surface area contributed by atoms with E-state index in [-0.39, 0.29) is 24.4 Å². The Morgan fingerprint density at radius 2 is 1.75 bits per heavy atom. The van der Waals surface area contributed by atoms with Crippen LogP contribution in [0.25, 0.3) is 0 Å². The van der Waals surface area contributed by atoms with E-state index in [2.05, 4.69) is 5.32 Å². The van der Waals surface area contributed by atoms with Crippen molar-refractivity contribution in [2.75, 3.05) is 13.6 Å². The molecule has 0 radical (unpaired) electrons. The van der Waals surface area contributed by atoms with Crippen molar-refractivity contribution in [3.8, 4) is 0 Å². The maximum absolute atomic E-state index is 11.9. The summed E-state index contributed by atoms with van der Waals surface area (Å²) in [5.41, 5.74) is 0.853. The highest BCUT2D eigenvalue weighted by Gasteiger charge is 2.23. The van der Waals surface area contributed by atoms with Gasteiger partial charge in [0, 0.05) is 24.2 Å². The van der Waals surface area contributed by atoms with Crippen molar-refractivity contribution in [2.24, 2.45) is 0 Å². The third-order valence-electron chi connectivity index (χ3n) is 3.03. The van der Waals surface area contributed by atoms with Crippen LogP contribution in [0, 0.1) is 0 Å². The molecule has 1 aliphatic rings. The molecule has 1 aromatic carbocycles. The van der Waals surface area contributed by atoms with E-state index in [1.807, 2.05) is 0 Å². The van der Waals surface area contributed by atoms with Crippen LogP contribution >= 0.6 is 0 Å². The lowest BCUT2D eigenvalue weighted by molar-refractivity contribution is -0.137. The highest BCUT2D eigenvalue weighted by atomic mass is 16.4. The van der Waals surface area contributed by atoms with E-state index in [1.54, 1.807) is 12.1 Å². The summed E-state index contributed by atoms with van der Waals surface area (Å²) in [5, 5.41) is 11.5. The smallest absolute Gasteiger partial charge is 0.323 e. The quantitative estimate of drug-likeness (QED) is 0.830. The summed E-state index contributed by atoms with van der Waals surface area (Å²) in [6, 6.07) is 6.48. The van der Waals surface area contributed by atoms with E-state index in [0.717, 1.165) is 17.7 Å². The molecule has 0 atom stereocenters.